The third-order valence-electron chi connectivity index (χ3n) is 2.84. The van der Waals surface area contributed by atoms with Gasteiger partial charge in [-0.3, -0.25) is 4.68 Å². The molecule has 0 saturated carbocycles. The number of aromatic nitrogens is 2. The van der Waals surface area contributed by atoms with E-state index in [4.69, 9.17) is 10.5 Å². The fourth-order valence-corrected chi connectivity index (χ4v) is 3.45. The molecule has 0 aliphatic carbocycles. The van der Waals surface area contributed by atoms with E-state index in [0.717, 1.165) is 26.7 Å². The van der Waals surface area contributed by atoms with Crippen LogP contribution in [0, 0.1) is 6.92 Å². The highest BCUT2D eigenvalue weighted by Gasteiger charge is 2.21. The molecule has 0 saturated heterocycles. The van der Waals surface area contributed by atoms with Crippen LogP contribution in [0.15, 0.2) is 16.0 Å². The first kappa shape index (κ1) is 13.6. The molecular weight excluding hydrogens is 314 g/mol. The fourth-order valence-electron chi connectivity index (χ4n) is 1.87. The van der Waals surface area contributed by atoms with Crippen LogP contribution in [0.3, 0.4) is 0 Å². The smallest absolute Gasteiger partial charge is 0.161 e. The van der Waals surface area contributed by atoms with Crippen molar-refractivity contribution in [2.45, 2.75) is 26.4 Å². The lowest BCUT2D eigenvalue weighted by atomic mass is 10.1. The van der Waals surface area contributed by atoms with Gasteiger partial charge in [0.05, 0.1) is 23.1 Å². The highest BCUT2D eigenvalue weighted by atomic mass is 79.9. The number of hydrogen-bond acceptors (Lipinski definition) is 4. The molecule has 1 unspecified atom stereocenters. The molecule has 2 N–H and O–H groups in total. The van der Waals surface area contributed by atoms with Crippen LogP contribution >= 0.6 is 27.3 Å². The van der Waals surface area contributed by atoms with Crippen LogP contribution in [0.4, 0.5) is 0 Å². The van der Waals surface area contributed by atoms with Crippen molar-refractivity contribution in [1.82, 2.24) is 9.78 Å². The van der Waals surface area contributed by atoms with Crippen molar-refractivity contribution in [3.05, 3.63) is 32.2 Å². The predicted molar refractivity (Wildman–Crippen MR) is 77.2 cm³/mol. The zero-order chi connectivity index (χ0) is 13.3. The Bertz CT molecular complexity index is 509. The van der Waals surface area contributed by atoms with Crippen LogP contribution in [0.2, 0.25) is 0 Å². The maximum atomic E-state index is 6.34. The molecule has 4 nitrogen and oxygen atoms in total. The molecule has 2 aromatic heterocycles. The molecular formula is C12H16BrN3OS. The first-order chi connectivity index (χ1) is 8.58. The molecule has 0 fully saturated rings. The number of rotatable bonds is 4. The van der Waals surface area contributed by atoms with Gasteiger partial charge in [0.15, 0.2) is 5.75 Å². The number of methoxy groups -OCH3 is 1. The van der Waals surface area contributed by atoms with Crippen molar-refractivity contribution in [2.75, 3.05) is 7.11 Å². The van der Waals surface area contributed by atoms with Crippen molar-refractivity contribution in [1.29, 1.82) is 0 Å². The SMILES string of the molecule is CCn1ncc(OC)c1C(N)c1cc(C)c(Br)s1. The van der Waals surface area contributed by atoms with Crippen LogP contribution < -0.4 is 10.5 Å². The highest BCUT2D eigenvalue weighted by Crippen LogP contribution is 2.35. The summed E-state index contributed by atoms with van der Waals surface area (Å²) in [4.78, 5) is 1.10. The van der Waals surface area contributed by atoms with Gasteiger partial charge in [0.1, 0.15) is 5.69 Å². The molecule has 18 heavy (non-hydrogen) atoms. The van der Waals surface area contributed by atoms with E-state index in [1.807, 2.05) is 11.6 Å². The first-order valence-corrected chi connectivity index (χ1v) is 7.30. The number of ether oxygens (including phenoxy) is 1. The van der Waals surface area contributed by atoms with Crippen LogP contribution in [-0.2, 0) is 6.54 Å². The Kier molecular flexibility index (Phi) is 4.09. The van der Waals surface area contributed by atoms with Crippen LogP contribution in [0.1, 0.15) is 29.1 Å². The average Bonchev–Trinajstić information content (AvgIpc) is 2.92. The zero-order valence-electron chi connectivity index (χ0n) is 10.6. The minimum absolute atomic E-state index is 0.211. The van der Waals surface area contributed by atoms with E-state index >= 15 is 0 Å². The van der Waals surface area contributed by atoms with Crippen LogP contribution in [0.5, 0.6) is 5.75 Å². The Labute approximate surface area is 119 Å². The van der Waals surface area contributed by atoms with Gasteiger partial charge in [0.25, 0.3) is 0 Å². The minimum atomic E-state index is -0.211. The molecule has 0 aliphatic heterocycles. The van der Waals surface area contributed by atoms with E-state index in [9.17, 15) is 0 Å². The van der Waals surface area contributed by atoms with Gasteiger partial charge in [-0.1, -0.05) is 0 Å². The van der Waals surface area contributed by atoms with E-state index in [-0.39, 0.29) is 6.04 Å². The molecule has 0 aromatic carbocycles. The van der Waals surface area contributed by atoms with E-state index < -0.39 is 0 Å². The third-order valence-corrected chi connectivity index (χ3v) is 5.06. The number of nitrogens with zero attached hydrogens (tertiary/aromatic N) is 2. The molecule has 98 valence electrons. The summed E-state index contributed by atoms with van der Waals surface area (Å²) in [7, 11) is 1.64. The largest absolute Gasteiger partial charge is 0.493 e. The molecule has 0 amide bonds. The average molecular weight is 330 g/mol. The second kappa shape index (κ2) is 5.42. The van der Waals surface area contributed by atoms with Gasteiger partial charge in [-0.2, -0.15) is 5.10 Å². The lowest BCUT2D eigenvalue weighted by Gasteiger charge is -2.13. The van der Waals surface area contributed by atoms with E-state index in [2.05, 4.69) is 34.0 Å². The number of aryl methyl sites for hydroxylation is 2. The van der Waals surface area contributed by atoms with Crippen molar-refractivity contribution in [3.63, 3.8) is 0 Å². The standard InChI is InChI=1S/C12H16BrN3OS/c1-4-16-11(8(17-3)6-15-16)10(14)9-5-7(2)12(13)18-9/h5-6,10H,4,14H2,1-3H3. The maximum Gasteiger partial charge on any atom is 0.161 e. The first-order valence-electron chi connectivity index (χ1n) is 5.69. The Morgan fingerprint density at radius 3 is 2.83 bits per heavy atom. The van der Waals surface area contributed by atoms with Gasteiger partial charge in [0.2, 0.25) is 0 Å². The summed E-state index contributed by atoms with van der Waals surface area (Å²) in [5.41, 5.74) is 8.47. The fraction of sp³-hybridized carbons (Fsp3) is 0.417. The Hall–Kier alpha value is -0.850. The Morgan fingerprint density at radius 1 is 1.61 bits per heavy atom. The van der Waals surface area contributed by atoms with E-state index in [0.29, 0.717) is 0 Å². The Morgan fingerprint density at radius 2 is 2.33 bits per heavy atom. The summed E-state index contributed by atoms with van der Waals surface area (Å²) in [5.74, 6) is 0.742. The lowest BCUT2D eigenvalue weighted by molar-refractivity contribution is 0.405. The van der Waals surface area contributed by atoms with E-state index in [1.165, 1.54) is 5.56 Å². The molecule has 0 aliphatic rings. The summed E-state index contributed by atoms with van der Waals surface area (Å²) >= 11 is 5.18. The van der Waals surface area contributed by atoms with Gasteiger partial charge < -0.3 is 10.5 Å². The number of nitrogens with two attached hydrogens (primary N) is 1. The topological polar surface area (TPSA) is 53.1 Å². The highest BCUT2D eigenvalue weighted by molar-refractivity contribution is 9.11. The zero-order valence-corrected chi connectivity index (χ0v) is 13.0. The lowest BCUT2D eigenvalue weighted by Crippen LogP contribution is -2.17. The van der Waals surface area contributed by atoms with Crippen LogP contribution in [0.25, 0.3) is 0 Å². The van der Waals surface area contributed by atoms with Crippen molar-refractivity contribution in [2.24, 2.45) is 5.73 Å². The minimum Gasteiger partial charge on any atom is -0.493 e. The van der Waals surface area contributed by atoms with Gasteiger partial charge in [-0.05, 0) is 41.4 Å². The van der Waals surface area contributed by atoms with Crippen molar-refractivity contribution < 1.29 is 4.74 Å². The van der Waals surface area contributed by atoms with Crippen molar-refractivity contribution >= 4 is 27.3 Å². The second-order valence-electron chi connectivity index (χ2n) is 4.00. The molecule has 2 heterocycles. The Balaban J connectivity index is 2.44. The molecule has 1 atom stereocenters. The van der Waals surface area contributed by atoms with Crippen molar-refractivity contribution in [3.8, 4) is 5.75 Å². The predicted octanol–water partition coefficient (Wildman–Crippen LogP) is 3.09. The van der Waals surface area contributed by atoms with Crippen LogP contribution in [-0.4, -0.2) is 16.9 Å². The van der Waals surface area contributed by atoms with Gasteiger partial charge in [0, 0.05) is 11.4 Å². The molecule has 0 bridgehead atoms. The second-order valence-corrected chi connectivity index (χ2v) is 6.40. The van der Waals surface area contributed by atoms with Gasteiger partial charge in [-0.25, -0.2) is 0 Å². The summed E-state index contributed by atoms with van der Waals surface area (Å²) < 4.78 is 8.34. The normalized spacial score (nSPS) is 12.7. The summed E-state index contributed by atoms with van der Waals surface area (Å²) in [6, 6.07) is 1.89. The summed E-state index contributed by atoms with van der Waals surface area (Å²) in [6.45, 7) is 4.88. The quantitative estimate of drug-likeness (QED) is 0.937. The monoisotopic (exact) mass is 329 g/mol. The summed E-state index contributed by atoms with van der Waals surface area (Å²) in [5, 5.41) is 4.29. The summed E-state index contributed by atoms with van der Waals surface area (Å²) in [6.07, 6.45) is 1.72. The third kappa shape index (κ3) is 2.32. The molecule has 6 heteroatoms. The number of hydrogen-bond donors (Lipinski definition) is 1. The molecule has 0 spiro atoms. The maximum absolute atomic E-state index is 6.34. The van der Waals surface area contributed by atoms with Gasteiger partial charge in [-0.15, -0.1) is 11.3 Å². The molecule has 0 radical (unpaired) electrons. The molecule has 2 aromatic rings. The number of thiophene rings is 1. The van der Waals surface area contributed by atoms with E-state index in [1.54, 1.807) is 24.6 Å². The van der Waals surface area contributed by atoms with Gasteiger partial charge >= 0.3 is 0 Å². The number of halogens is 1. The molecule has 2 rings (SSSR count).